The molecule has 0 aliphatic heterocycles. The Hall–Kier alpha value is -0.250. The lowest BCUT2D eigenvalue weighted by atomic mass is 10.1. The van der Waals surface area contributed by atoms with Gasteiger partial charge in [0.15, 0.2) is 0 Å². The monoisotopic (exact) mass is 262 g/mol. The maximum atomic E-state index is 10.6. The highest BCUT2D eigenvalue weighted by Crippen LogP contribution is 2.34. The third-order valence-corrected chi connectivity index (χ3v) is 4.30. The number of nitrogens with two attached hydrogens (primary N) is 1. The number of hydrogen-bond donors (Lipinski definition) is 1. The maximum Gasteiger partial charge on any atom is 0.217 e. The molecule has 84 valence electrons. The fraction of sp³-hybridized carbons (Fsp3) is 0.667. The summed E-state index contributed by atoms with van der Waals surface area (Å²) in [7, 11) is 0. The molecular formula is C9H14N2OS3. The predicted octanol–water partition coefficient (Wildman–Crippen LogP) is 2.31. The maximum absolute atomic E-state index is 10.6. The van der Waals surface area contributed by atoms with Gasteiger partial charge in [0.05, 0.1) is 6.07 Å². The Kier molecular flexibility index (Phi) is 6.98. The number of hydrogen-bond acceptors (Lipinski definition) is 5. The van der Waals surface area contributed by atoms with E-state index in [1.54, 1.807) is 6.92 Å². The molecule has 1 amide bonds. The summed E-state index contributed by atoms with van der Waals surface area (Å²) in [5.41, 5.74) is 5.05. The van der Waals surface area contributed by atoms with E-state index in [1.807, 2.05) is 6.92 Å². The van der Waals surface area contributed by atoms with Gasteiger partial charge in [0.2, 0.25) is 5.91 Å². The molecule has 0 saturated carbocycles. The van der Waals surface area contributed by atoms with E-state index in [0.29, 0.717) is 6.42 Å². The number of thioether (sulfide) groups is 2. The van der Waals surface area contributed by atoms with Gasteiger partial charge < -0.3 is 5.73 Å². The van der Waals surface area contributed by atoms with E-state index >= 15 is 0 Å². The van der Waals surface area contributed by atoms with Crippen LogP contribution in [0.1, 0.15) is 26.7 Å². The molecule has 6 heteroatoms. The molecule has 0 spiro atoms. The van der Waals surface area contributed by atoms with Crippen molar-refractivity contribution in [1.82, 2.24) is 0 Å². The largest absolute Gasteiger partial charge is 0.370 e. The molecule has 0 heterocycles. The zero-order chi connectivity index (χ0) is 11.9. The second-order valence-electron chi connectivity index (χ2n) is 3.09. The molecule has 1 unspecified atom stereocenters. The minimum atomic E-state index is -0.645. The molecule has 0 saturated heterocycles. The van der Waals surface area contributed by atoms with E-state index in [9.17, 15) is 4.79 Å². The molecule has 0 aromatic rings. The van der Waals surface area contributed by atoms with Crippen LogP contribution in [0.2, 0.25) is 0 Å². The van der Waals surface area contributed by atoms with E-state index in [0.717, 1.165) is 9.28 Å². The third kappa shape index (κ3) is 6.77. The van der Waals surface area contributed by atoms with E-state index in [4.69, 9.17) is 23.2 Å². The van der Waals surface area contributed by atoms with E-state index in [2.05, 4.69) is 6.07 Å². The van der Waals surface area contributed by atoms with E-state index in [-0.39, 0.29) is 12.3 Å². The molecule has 2 N–H and O–H groups in total. The summed E-state index contributed by atoms with van der Waals surface area (Å²) in [6, 6.07) is 2.18. The van der Waals surface area contributed by atoms with Crippen molar-refractivity contribution in [1.29, 1.82) is 5.26 Å². The number of nitriles is 1. The van der Waals surface area contributed by atoms with Crippen LogP contribution < -0.4 is 5.73 Å². The van der Waals surface area contributed by atoms with E-state index in [1.165, 1.54) is 23.5 Å². The molecule has 3 nitrogen and oxygen atoms in total. The summed E-state index contributed by atoms with van der Waals surface area (Å²) in [5.74, 6) is 0.509. The lowest BCUT2D eigenvalue weighted by Gasteiger charge is -2.19. The highest BCUT2D eigenvalue weighted by molar-refractivity contribution is 8.47. The van der Waals surface area contributed by atoms with Gasteiger partial charge in [0.1, 0.15) is 8.28 Å². The minimum absolute atomic E-state index is 0.219. The Morgan fingerprint density at radius 1 is 1.67 bits per heavy atom. The quantitative estimate of drug-likeness (QED) is 0.770. The minimum Gasteiger partial charge on any atom is -0.370 e. The van der Waals surface area contributed by atoms with Gasteiger partial charge in [-0.2, -0.15) is 5.26 Å². The molecule has 0 fully saturated rings. The number of thiocarbonyl (C=S) groups is 1. The molecule has 1 atom stereocenters. The van der Waals surface area contributed by atoms with Gasteiger partial charge in [-0.05, 0) is 19.1 Å². The molecular weight excluding hydrogens is 248 g/mol. The van der Waals surface area contributed by atoms with Gasteiger partial charge in [0, 0.05) is 6.42 Å². The number of carbonyl (C=O) groups excluding carboxylic acids is 1. The van der Waals surface area contributed by atoms with Gasteiger partial charge >= 0.3 is 0 Å². The summed E-state index contributed by atoms with van der Waals surface area (Å²) >= 11 is 7.98. The summed E-state index contributed by atoms with van der Waals surface area (Å²) in [5, 5.41) is 9.02. The van der Waals surface area contributed by atoms with Crippen molar-refractivity contribution in [3.63, 3.8) is 0 Å². The Balaban J connectivity index is 4.25. The van der Waals surface area contributed by atoms with Gasteiger partial charge in [0.25, 0.3) is 0 Å². The van der Waals surface area contributed by atoms with Crippen LogP contribution in [-0.4, -0.2) is 19.9 Å². The topological polar surface area (TPSA) is 66.9 Å². The molecule has 0 aliphatic rings. The summed E-state index contributed by atoms with van der Waals surface area (Å²) in [6.45, 7) is 3.79. The Morgan fingerprint density at radius 3 is 2.67 bits per heavy atom. The molecule has 0 radical (unpaired) electrons. The van der Waals surface area contributed by atoms with Crippen LogP contribution >= 0.6 is 35.7 Å². The van der Waals surface area contributed by atoms with Crippen LogP contribution in [0.3, 0.4) is 0 Å². The molecule has 0 aliphatic carbocycles. The number of carbonyl (C=O) groups is 1. The third-order valence-electron chi connectivity index (χ3n) is 1.66. The van der Waals surface area contributed by atoms with Crippen LogP contribution in [0.25, 0.3) is 0 Å². The molecule has 0 rings (SSSR count). The fourth-order valence-corrected chi connectivity index (χ4v) is 3.72. The molecule has 0 aromatic carbocycles. The van der Waals surface area contributed by atoms with Crippen LogP contribution in [0.5, 0.6) is 0 Å². The van der Waals surface area contributed by atoms with Crippen molar-refractivity contribution in [2.24, 2.45) is 5.73 Å². The van der Waals surface area contributed by atoms with Crippen molar-refractivity contribution >= 4 is 45.2 Å². The summed E-state index contributed by atoms with van der Waals surface area (Å²) in [6.07, 6.45) is 0.657. The van der Waals surface area contributed by atoms with Crippen molar-refractivity contribution in [2.45, 2.75) is 31.4 Å². The van der Waals surface area contributed by atoms with Gasteiger partial charge in [-0.3, -0.25) is 4.79 Å². The van der Waals surface area contributed by atoms with Gasteiger partial charge in [-0.1, -0.05) is 30.9 Å². The van der Waals surface area contributed by atoms with Gasteiger partial charge in [-0.25, -0.2) is 0 Å². The summed E-state index contributed by atoms with van der Waals surface area (Å²) < 4.78 is 0.0971. The van der Waals surface area contributed by atoms with Gasteiger partial charge in [-0.15, -0.1) is 11.8 Å². The zero-order valence-electron chi connectivity index (χ0n) is 8.78. The number of rotatable bonds is 5. The van der Waals surface area contributed by atoms with Crippen LogP contribution in [0.15, 0.2) is 0 Å². The van der Waals surface area contributed by atoms with Crippen molar-refractivity contribution in [3.05, 3.63) is 0 Å². The van der Waals surface area contributed by atoms with Crippen molar-refractivity contribution in [3.8, 4) is 6.07 Å². The average Bonchev–Trinajstić information content (AvgIpc) is 2.15. The smallest absolute Gasteiger partial charge is 0.217 e. The SMILES string of the molecule is CCSC(=S)SC(C)(C#N)CCC(N)=O. The second-order valence-corrected chi connectivity index (χ2v) is 7.07. The van der Waals surface area contributed by atoms with Crippen LogP contribution in [-0.2, 0) is 4.79 Å². The van der Waals surface area contributed by atoms with Crippen molar-refractivity contribution in [2.75, 3.05) is 5.75 Å². The zero-order valence-corrected chi connectivity index (χ0v) is 11.2. The lowest BCUT2D eigenvalue weighted by molar-refractivity contribution is -0.118. The fourth-order valence-electron chi connectivity index (χ4n) is 0.823. The summed E-state index contributed by atoms with van der Waals surface area (Å²) in [4.78, 5) is 10.6. The number of nitrogens with zero attached hydrogens (tertiary/aromatic N) is 1. The molecule has 0 aromatic heterocycles. The first-order valence-corrected chi connectivity index (χ1v) is 6.70. The first kappa shape index (κ1) is 14.8. The highest BCUT2D eigenvalue weighted by Gasteiger charge is 2.27. The average molecular weight is 262 g/mol. The van der Waals surface area contributed by atoms with Crippen LogP contribution in [0, 0.1) is 11.3 Å². The normalized spacial score (nSPS) is 13.9. The Labute approximate surface area is 104 Å². The number of amides is 1. The molecule has 0 bridgehead atoms. The van der Waals surface area contributed by atoms with E-state index < -0.39 is 4.75 Å². The van der Waals surface area contributed by atoms with Crippen LogP contribution in [0.4, 0.5) is 0 Å². The lowest BCUT2D eigenvalue weighted by Crippen LogP contribution is -2.22. The Bertz CT molecular complexity index is 288. The highest BCUT2D eigenvalue weighted by atomic mass is 32.2. The Morgan fingerprint density at radius 2 is 2.27 bits per heavy atom. The standard InChI is InChI=1S/C9H14N2OS3/c1-3-14-8(13)15-9(2,6-10)5-4-7(11)12/h3-5H2,1-2H3,(H2,11,12). The predicted molar refractivity (Wildman–Crippen MR) is 70.8 cm³/mol. The van der Waals surface area contributed by atoms with Crippen molar-refractivity contribution < 1.29 is 4.79 Å². The first-order chi connectivity index (χ1) is 6.93. The first-order valence-electron chi connectivity index (χ1n) is 4.49. The molecule has 15 heavy (non-hydrogen) atoms. The number of primary amides is 1. The second kappa shape index (κ2) is 7.09.